The normalized spacial score (nSPS) is 10.1. The van der Waals surface area contributed by atoms with Crippen LogP contribution in [0.15, 0.2) is 46.9 Å². The third kappa shape index (κ3) is 5.34. The standard InChI is InChI=1S/C17H15BrFNO4/c1-11-4-2-3-5-14(11)20-16(21)9-24-17(22)10-23-15-7-6-12(19)8-13(15)18/h2-8H,9-10H2,1H3,(H,20,21). The summed E-state index contributed by atoms with van der Waals surface area (Å²) in [7, 11) is 0. The maximum atomic E-state index is 12.9. The molecule has 0 spiro atoms. The van der Waals surface area contributed by atoms with Gasteiger partial charge in [-0.3, -0.25) is 4.79 Å². The summed E-state index contributed by atoms with van der Waals surface area (Å²) in [5.74, 6) is -1.27. The summed E-state index contributed by atoms with van der Waals surface area (Å²) in [5, 5.41) is 2.65. The molecule has 0 saturated carbocycles. The molecule has 24 heavy (non-hydrogen) atoms. The predicted octanol–water partition coefficient (Wildman–Crippen LogP) is 3.46. The number of carbonyl (C=O) groups excluding carboxylic acids is 2. The van der Waals surface area contributed by atoms with Crippen LogP contribution in [0.2, 0.25) is 0 Å². The fourth-order valence-electron chi connectivity index (χ4n) is 1.82. The highest BCUT2D eigenvalue weighted by molar-refractivity contribution is 9.10. The van der Waals surface area contributed by atoms with E-state index in [-0.39, 0.29) is 6.61 Å². The summed E-state index contributed by atoms with van der Waals surface area (Å²) in [4.78, 5) is 23.4. The van der Waals surface area contributed by atoms with E-state index < -0.39 is 24.3 Å². The Labute approximate surface area is 146 Å². The Hall–Kier alpha value is -2.41. The van der Waals surface area contributed by atoms with E-state index in [1.54, 1.807) is 12.1 Å². The highest BCUT2D eigenvalue weighted by atomic mass is 79.9. The lowest BCUT2D eigenvalue weighted by atomic mass is 10.2. The molecule has 0 heterocycles. The van der Waals surface area contributed by atoms with Crippen LogP contribution in [0, 0.1) is 12.7 Å². The van der Waals surface area contributed by atoms with Crippen molar-refractivity contribution in [2.75, 3.05) is 18.5 Å². The number of halogens is 2. The molecular weight excluding hydrogens is 381 g/mol. The number of anilines is 1. The highest BCUT2D eigenvalue weighted by Crippen LogP contribution is 2.25. The first-order valence-corrected chi connectivity index (χ1v) is 7.84. The van der Waals surface area contributed by atoms with Crippen molar-refractivity contribution in [2.24, 2.45) is 0 Å². The van der Waals surface area contributed by atoms with Gasteiger partial charge >= 0.3 is 5.97 Å². The lowest BCUT2D eigenvalue weighted by Crippen LogP contribution is -2.24. The molecule has 0 saturated heterocycles. The van der Waals surface area contributed by atoms with E-state index in [1.807, 2.05) is 19.1 Å². The van der Waals surface area contributed by atoms with Crippen LogP contribution in [0.3, 0.4) is 0 Å². The number of para-hydroxylation sites is 1. The number of hydrogen-bond donors (Lipinski definition) is 1. The maximum Gasteiger partial charge on any atom is 0.344 e. The van der Waals surface area contributed by atoms with E-state index in [1.165, 1.54) is 18.2 Å². The van der Waals surface area contributed by atoms with Gasteiger partial charge in [-0.25, -0.2) is 9.18 Å². The van der Waals surface area contributed by atoms with Crippen molar-refractivity contribution >= 4 is 33.5 Å². The molecule has 0 aromatic heterocycles. The second-order valence-corrected chi connectivity index (χ2v) is 5.74. The molecule has 0 aliphatic heterocycles. The van der Waals surface area contributed by atoms with Gasteiger partial charge in [0.1, 0.15) is 11.6 Å². The lowest BCUT2D eigenvalue weighted by Gasteiger charge is -2.10. The average Bonchev–Trinajstić information content (AvgIpc) is 2.54. The zero-order valence-corrected chi connectivity index (χ0v) is 14.4. The summed E-state index contributed by atoms with van der Waals surface area (Å²) in [6, 6.07) is 11.1. The van der Waals surface area contributed by atoms with E-state index in [0.717, 1.165) is 5.56 Å². The summed E-state index contributed by atoms with van der Waals surface area (Å²) >= 11 is 3.12. The second kappa shape index (κ2) is 8.44. The first kappa shape index (κ1) is 17.9. The minimum absolute atomic E-state index is 0.303. The number of hydrogen-bond acceptors (Lipinski definition) is 4. The molecule has 2 rings (SSSR count). The van der Waals surface area contributed by atoms with Gasteiger partial charge < -0.3 is 14.8 Å². The van der Waals surface area contributed by atoms with Crippen molar-refractivity contribution in [3.63, 3.8) is 0 Å². The molecule has 0 bridgehead atoms. The number of ether oxygens (including phenoxy) is 2. The van der Waals surface area contributed by atoms with Crippen molar-refractivity contribution in [1.29, 1.82) is 0 Å². The lowest BCUT2D eigenvalue weighted by molar-refractivity contribution is -0.149. The van der Waals surface area contributed by atoms with Crippen LogP contribution in [-0.2, 0) is 14.3 Å². The topological polar surface area (TPSA) is 64.6 Å². The molecule has 1 amide bonds. The Morgan fingerprint density at radius 2 is 1.92 bits per heavy atom. The average molecular weight is 396 g/mol. The van der Waals surface area contributed by atoms with Crippen molar-refractivity contribution < 1.29 is 23.5 Å². The molecule has 1 N–H and O–H groups in total. The van der Waals surface area contributed by atoms with Gasteiger partial charge in [-0.2, -0.15) is 0 Å². The Morgan fingerprint density at radius 1 is 1.17 bits per heavy atom. The summed E-state index contributed by atoms with van der Waals surface area (Å²) in [5.41, 5.74) is 1.56. The summed E-state index contributed by atoms with van der Waals surface area (Å²) < 4.78 is 23.4. The highest BCUT2D eigenvalue weighted by Gasteiger charge is 2.11. The number of nitrogens with one attached hydrogen (secondary N) is 1. The van der Waals surface area contributed by atoms with Crippen molar-refractivity contribution in [3.8, 4) is 5.75 Å². The van der Waals surface area contributed by atoms with Crippen LogP contribution in [0.1, 0.15) is 5.56 Å². The van der Waals surface area contributed by atoms with Gasteiger partial charge in [0.15, 0.2) is 13.2 Å². The van der Waals surface area contributed by atoms with Gasteiger partial charge in [0.25, 0.3) is 5.91 Å². The van der Waals surface area contributed by atoms with Gasteiger partial charge in [-0.05, 0) is 52.7 Å². The van der Waals surface area contributed by atoms with E-state index in [2.05, 4.69) is 21.2 Å². The van der Waals surface area contributed by atoms with E-state index in [0.29, 0.717) is 15.9 Å². The molecule has 5 nitrogen and oxygen atoms in total. The van der Waals surface area contributed by atoms with Crippen LogP contribution >= 0.6 is 15.9 Å². The Morgan fingerprint density at radius 3 is 2.62 bits per heavy atom. The molecule has 0 aliphatic rings. The monoisotopic (exact) mass is 395 g/mol. The van der Waals surface area contributed by atoms with Crippen LogP contribution in [0.5, 0.6) is 5.75 Å². The van der Waals surface area contributed by atoms with Crippen LogP contribution in [0.4, 0.5) is 10.1 Å². The van der Waals surface area contributed by atoms with Gasteiger partial charge in [-0.1, -0.05) is 18.2 Å². The minimum Gasteiger partial charge on any atom is -0.481 e. The number of aryl methyl sites for hydroxylation is 1. The van der Waals surface area contributed by atoms with Crippen LogP contribution in [-0.4, -0.2) is 25.1 Å². The van der Waals surface area contributed by atoms with Crippen molar-refractivity contribution in [3.05, 3.63) is 58.3 Å². The third-order valence-corrected chi connectivity index (χ3v) is 3.64. The van der Waals surface area contributed by atoms with Crippen LogP contribution < -0.4 is 10.1 Å². The molecule has 0 unspecified atom stereocenters. The Kier molecular flexibility index (Phi) is 6.31. The van der Waals surface area contributed by atoms with Crippen molar-refractivity contribution in [2.45, 2.75) is 6.92 Å². The van der Waals surface area contributed by atoms with Crippen LogP contribution in [0.25, 0.3) is 0 Å². The predicted molar refractivity (Wildman–Crippen MR) is 90.4 cm³/mol. The molecule has 0 fully saturated rings. The number of amides is 1. The fraction of sp³-hybridized carbons (Fsp3) is 0.176. The Bertz CT molecular complexity index is 751. The molecule has 2 aromatic carbocycles. The Balaban J connectivity index is 1.76. The summed E-state index contributed by atoms with van der Waals surface area (Å²) in [6.45, 7) is 1.05. The smallest absolute Gasteiger partial charge is 0.344 e. The zero-order chi connectivity index (χ0) is 17.5. The SMILES string of the molecule is Cc1ccccc1NC(=O)COC(=O)COc1ccc(F)cc1Br. The van der Waals surface area contributed by atoms with E-state index in [4.69, 9.17) is 9.47 Å². The summed E-state index contributed by atoms with van der Waals surface area (Å²) in [6.07, 6.45) is 0. The number of carbonyl (C=O) groups is 2. The number of esters is 1. The minimum atomic E-state index is -0.703. The second-order valence-electron chi connectivity index (χ2n) is 4.89. The number of rotatable bonds is 6. The third-order valence-electron chi connectivity index (χ3n) is 3.02. The largest absolute Gasteiger partial charge is 0.481 e. The molecule has 7 heteroatoms. The molecular formula is C17H15BrFNO4. The molecule has 0 radical (unpaired) electrons. The fourth-order valence-corrected chi connectivity index (χ4v) is 2.28. The maximum absolute atomic E-state index is 12.9. The quantitative estimate of drug-likeness (QED) is 0.760. The van der Waals surface area contributed by atoms with Gasteiger partial charge in [0.2, 0.25) is 0 Å². The zero-order valence-electron chi connectivity index (χ0n) is 12.8. The van der Waals surface area contributed by atoms with Gasteiger partial charge in [0.05, 0.1) is 4.47 Å². The first-order valence-electron chi connectivity index (χ1n) is 7.04. The molecule has 0 atom stereocenters. The number of benzene rings is 2. The molecule has 2 aromatic rings. The first-order chi connectivity index (χ1) is 11.5. The van der Waals surface area contributed by atoms with Crippen molar-refractivity contribution in [1.82, 2.24) is 0 Å². The van der Waals surface area contributed by atoms with E-state index >= 15 is 0 Å². The molecule has 126 valence electrons. The molecule has 0 aliphatic carbocycles. The van der Waals surface area contributed by atoms with E-state index in [9.17, 15) is 14.0 Å². The van der Waals surface area contributed by atoms with Gasteiger partial charge in [-0.15, -0.1) is 0 Å². The van der Waals surface area contributed by atoms with Gasteiger partial charge in [0, 0.05) is 5.69 Å².